The molecule has 3 heteroatoms. The summed E-state index contributed by atoms with van der Waals surface area (Å²) in [4.78, 5) is 11.6. The van der Waals surface area contributed by atoms with Crippen LogP contribution < -0.4 is 0 Å². The maximum absolute atomic E-state index is 11.6. The number of hydrogen-bond donors (Lipinski definition) is 0. The van der Waals surface area contributed by atoms with E-state index in [2.05, 4.69) is 0 Å². The van der Waals surface area contributed by atoms with Gasteiger partial charge in [0.2, 0.25) is 0 Å². The molecule has 1 fully saturated rings. The van der Waals surface area contributed by atoms with Crippen molar-refractivity contribution < 1.29 is 14.3 Å². The van der Waals surface area contributed by atoms with E-state index < -0.39 is 0 Å². The van der Waals surface area contributed by atoms with Crippen LogP contribution in [0.1, 0.15) is 33.1 Å². The standard InChI is InChI=1S/C11H20O3/c1-3-10(12)11(14-4-2)9-5-7-13-8-6-9/h9,11H,3-8H2,1-2H3. The van der Waals surface area contributed by atoms with E-state index >= 15 is 0 Å². The zero-order valence-electron chi connectivity index (χ0n) is 9.12. The van der Waals surface area contributed by atoms with Gasteiger partial charge in [-0.25, -0.2) is 0 Å². The summed E-state index contributed by atoms with van der Waals surface area (Å²) < 4.78 is 10.8. The lowest BCUT2D eigenvalue weighted by molar-refractivity contribution is -0.136. The van der Waals surface area contributed by atoms with Gasteiger partial charge in [0.15, 0.2) is 5.78 Å². The number of ether oxygens (including phenoxy) is 2. The Kier molecular flexibility index (Phi) is 5.12. The largest absolute Gasteiger partial charge is 0.381 e. The Labute approximate surface area is 85.8 Å². The second-order valence-corrected chi connectivity index (χ2v) is 3.65. The number of hydrogen-bond acceptors (Lipinski definition) is 3. The van der Waals surface area contributed by atoms with E-state index in [4.69, 9.17) is 9.47 Å². The molecule has 1 unspecified atom stereocenters. The van der Waals surface area contributed by atoms with Crippen LogP contribution in [0.5, 0.6) is 0 Å². The van der Waals surface area contributed by atoms with Gasteiger partial charge in [0.25, 0.3) is 0 Å². The minimum Gasteiger partial charge on any atom is -0.381 e. The molecular formula is C11H20O3. The Morgan fingerprint density at radius 3 is 2.57 bits per heavy atom. The zero-order chi connectivity index (χ0) is 10.4. The highest BCUT2D eigenvalue weighted by Crippen LogP contribution is 2.22. The first-order valence-electron chi connectivity index (χ1n) is 5.51. The van der Waals surface area contributed by atoms with Crippen molar-refractivity contribution >= 4 is 5.78 Å². The molecular weight excluding hydrogens is 180 g/mol. The van der Waals surface area contributed by atoms with Gasteiger partial charge in [-0.2, -0.15) is 0 Å². The Hall–Kier alpha value is -0.410. The van der Waals surface area contributed by atoms with E-state index in [-0.39, 0.29) is 11.9 Å². The van der Waals surface area contributed by atoms with Crippen molar-refractivity contribution in [2.75, 3.05) is 19.8 Å². The summed E-state index contributed by atoms with van der Waals surface area (Å²) in [5.41, 5.74) is 0. The molecule has 0 aromatic heterocycles. The van der Waals surface area contributed by atoms with E-state index in [1.807, 2.05) is 13.8 Å². The van der Waals surface area contributed by atoms with Crippen LogP contribution in [0.25, 0.3) is 0 Å². The summed E-state index contributed by atoms with van der Waals surface area (Å²) in [5.74, 6) is 0.606. The Balaban J connectivity index is 2.50. The second kappa shape index (κ2) is 6.14. The van der Waals surface area contributed by atoms with Crippen LogP contribution in [0.3, 0.4) is 0 Å². The summed E-state index contributed by atoms with van der Waals surface area (Å²) in [5, 5.41) is 0. The van der Waals surface area contributed by atoms with E-state index in [9.17, 15) is 4.79 Å². The molecule has 1 rings (SSSR count). The number of Topliss-reactive ketones (excluding diaryl/α,β-unsaturated/α-hetero) is 1. The van der Waals surface area contributed by atoms with Crippen LogP contribution in [0.4, 0.5) is 0 Å². The fourth-order valence-electron chi connectivity index (χ4n) is 1.89. The van der Waals surface area contributed by atoms with Crippen LogP contribution in [0.15, 0.2) is 0 Å². The molecule has 0 bridgehead atoms. The lowest BCUT2D eigenvalue weighted by Gasteiger charge is -2.28. The lowest BCUT2D eigenvalue weighted by atomic mass is 9.90. The molecule has 0 aliphatic carbocycles. The van der Waals surface area contributed by atoms with E-state index in [0.29, 0.717) is 18.9 Å². The second-order valence-electron chi connectivity index (χ2n) is 3.65. The Morgan fingerprint density at radius 2 is 2.07 bits per heavy atom. The van der Waals surface area contributed by atoms with Gasteiger partial charge in [0.05, 0.1) is 0 Å². The quantitative estimate of drug-likeness (QED) is 0.678. The fraction of sp³-hybridized carbons (Fsp3) is 0.909. The average molecular weight is 200 g/mol. The molecule has 0 amide bonds. The van der Waals surface area contributed by atoms with Gasteiger partial charge in [-0.3, -0.25) is 4.79 Å². The van der Waals surface area contributed by atoms with Crippen LogP contribution in [0, 0.1) is 5.92 Å². The van der Waals surface area contributed by atoms with Crippen LogP contribution in [-0.4, -0.2) is 31.7 Å². The molecule has 1 aliphatic rings. The minimum absolute atomic E-state index is 0.186. The predicted octanol–water partition coefficient (Wildman–Crippen LogP) is 1.80. The molecule has 0 aromatic rings. The van der Waals surface area contributed by atoms with Gasteiger partial charge in [-0.05, 0) is 25.7 Å². The molecule has 82 valence electrons. The molecule has 1 atom stereocenters. The number of carbonyl (C=O) groups is 1. The van der Waals surface area contributed by atoms with Crippen LogP contribution >= 0.6 is 0 Å². The third kappa shape index (κ3) is 3.07. The summed E-state index contributed by atoms with van der Waals surface area (Å²) in [7, 11) is 0. The van der Waals surface area contributed by atoms with Crippen molar-refractivity contribution in [1.29, 1.82) is 0 Å². The van der Waals surface area contributed by atoms with Crippen LogP contribution in [-0.2, 0) is 14.3 Å². The third-order valence-corrected chi connectivity index (χ3v) is 2.71. The number of carbonyl (C=O) groups excluding carboxylic acids is 1. The van der Waals surface area contributed by atoms with Gasteiger partial charge in [-0.1, -0.05) is 6.92 Å². The summed E-state index contributed by atoms with van der Waals surface area (Å²) in [6.45, 7) is 5.99. The normalized spacial score (nSPS) is 20.7. The van der Waals surface area contributed by atoms with Crippen molar-refractivity contribution in [2.45, 2.75) is 39.2 Å². The minimum atomic E-state index is -0.186. The molecule has 0 N–H and O–H groups in total. The summed E-state index contributed by atoms with van der Waals surface area (Å²) >= 11 is 0. The summed E-state index contributed by atoms with van der Waals surface area (Å²) in [6.07, 6.45) is 2.29. The third-order valence-electron chi connectivity index (χ3n) is 2.71. The van der Waals surface area contributed by atoms with Crippen molar-refractivity contribution in [1.82, 2.24) is 0 Å². The lowest BCUT2D eigenvalue weighted by Crippen LogP contribution is -2.35. The van der Waals surface area contributed by atoms with Gasteiger partial charge in [0.1, 0.15) is 6.10 Å². The van der Waals surface area contributed by atoms with Crippen molar-refractivity contribution in [3.8, 4) is 0 Å². The topological polar surface area (TPSA) is 35.5 Å². The highest BCUT2D eigenvalue weighted by atomic mass is 16.5. The van der Waals surface area contributed by atoms with E-state index in [1.54, 1.807) is 0 Å². The van der Waals surface area contributed by atoms with Crippen LogP contribution in [0.2, 0.25) is 0 Å². The Bertz CT molecular complexity index is 173. The molecule has 0 radical (unpaired) electrons. The maximum Gasteiger partial charge on any atom is 0.161 e. The zero-order valence-corrected chi connectivity index (χ0v) is 9.12. The number of ketones is 1. The van der Waals surface area contributed by atoms with Gasteiger partial charge in [0, 0.05) is 26.2 Å². The highest BCUT2D eigenvalue weighted by molar-refractivity contribution is 5.83. The van der Waals surface area contributed by atoms with Crippen molar-refractivity contribution in [3.05, 3.63) is 0 Å². The van der Waals surface area contributed by atoms with E-state index in [1.165, 1.54) is 0 Å². The number of rotatable bonds is 5. The van der Waals surface area contributed by atoms with Crippen molar-refractivity contribution in [2.24, 2.45) is 5.92 Å². The highest BCUT2D eigenvalue weighted by Gasteiger charge is 2.28. The van der Waals surface area contributed by atoms with Gasteiger partial charge >= 0.3 is 0 Å². The van der Waals surface area contributed by atoms with Crippen molar-refractivity contribution in [3.63, 3.8) is 0 Å². The molecule has 1 heterocycles. The molecule has 14 heavy (non-hydrogen) atoms. The van der Waals surface area contributed by atoms with E-state index in [0.717, 1.165) is 26.1 Å². The van der Waals surface area contributed by atoms with Gasteiger partial charge in [-0.15, -0.1) is 0 Å². The predicted molar refractivity (Wildman–Crippen MR) is 54.3 cm³/mol. The first-order valence-corrected chi connectivity index (χ1v) is 5.51. The molecule has 1 saturated heterocycles. The smallest absolute Gasteiger partial charge is 0.161 e. The molecule has 0 aromatic carbocycles. The monoisotopic (exact) mass is 200 g/mol. The molecule has 0 saturated carbocycles. The molecule has 3 nitrogen and oxygen atoms in total. The molecule has 0 spiro atoms. The van der Waals surface area contributed by atoms with Gasteiger partial charge < -0.3 is 9.47 Å². The first-order chi connectivity index (χ1) is 6.79. The first kappa shape index (κ1) is 11.7. The SMILES string of the molecule is CCOC(C(=O)CC)C1CCOCC1. The maximum atomic E-state index is 11.6. The summed E-state index contributed by atoms with van der Waals surface area (Å²) in [6, 6.07) is 0. The molecule has 1 aliphatic heterocycles. The Morgan fingerprint density at radius 1 is 1.43 bits per heavy atom. The fourth-order valence-corrected chi connectivity index (χ4v) is 1.89. The average Bonchev–Trinajstić information content (AvgIpc) is 2.26.